The molecule has 0 bridgehead atoms. The number of nitrogens with zero attached hydrogens (tertiary/aromatic N) is 2. The Morgan fingerprint density at radius 3 is 3.17 bits per heavy atom. The number of hydrogen-bond donors (Lipinski definition) is 2. The number of hydrogen-bond acceptors (Lipinski definition) is 5. The first-order chi connectivity index (χ1) is 8.63. The van der Waals surface area contributed by atoms with Crippen molar-refractivity contribution >= 4 is 23.5 Å². The summed E-state index contributed by atoms with van der Waals surface area (Å²) in [6, 6.07) is 1.38. The van der Waals surface area contributed by atoms with E-state index in [9.17, 15) is 9.18 Å². The number of hydrazine groups is 1. The van der Waals surface area contributed by atoms with Crippen LogP contribution >= 0.6 is 11.8 Å². The summed E-state index contributed by atoms with van der Waals surface area (Å²) in [4.78, 5) is 17.6. The normalized spacial score (nSPS) is 19.7. The molecule has 1 aliphatic rings. The molecule has 0 spiro atoms. The Kier molecular flexibility index (Phi) is 4.03. The molecular formula is C11H15FN4OS. The second-order valence-electron chi connectivity index (χ2n) is 4.10. The average molecular weight is 270 g/mol. The molecule has 1 aromatic rings. The van der Waals surface area contributed by atoms with Crippen molar-refractivity contribution in [2.24, 2.45) is 5.84 Å². The first kappa shape index (κ1) is 13.1. The van der Waals surface area contributed by atoms with Crippen LogP contribution in [0.25, 0.3) is 0 Å². The van der Waals surface area contributed by atoms with Crippen LogP contribution in [0.5, 0.6) is 0 Å². The van der Waals surface area contributed by atoms with Crippen molar-refractivity contribution in [3.63, 3.8) is 0 Å². The van der Waals surface area contributed by atoms with Gasteiger partial charge in [-0.05, 0) is 6.07 Å². The molecule has 2 heterocycles. The Hall–Kier alpha value is -1.34. The van der Waals surface area contributed by atoms with Crippen LogP contribution in [0, 0.1) is 5.82 Å². The second-order valence-corrected chi connectivity index (χ2v) is 5.64. The van der Waals surface area contributed by atoms with Gasteiger partial charge in [0.05, 0.1) is 5.56 Å². The van der Waals surface area contributed by atoms with Crippen LogP contribution < -0.4 is 11.3 Å². The van der Waals surface area contributed by atoms with Crippen molar-refractivity contribution < 1.29 is 9.18 Å². The van der Waals surface area contributed by atoms with Crippen LogP contribution in [0.2, 0.25) is 0 Å². The number of carbonyl (C=O) groups excluding carboxylic acids is 1. The summed E-state index contributed by atoms with van der Waals surface area (Å²) in [5.74, 6) is 4.90. The molecule has 7 heteroatoms. The van der Waals surface area contributed by atoms with E-state index in [0.717, 1.165) is 5.75 Å². The molecule has 2 rings (SSSR count). The summed E-state index contributed by atoms with van der Waals surface area (Å²) in [5.41, 5.74) is 2.15. The molecule has 1 aromatic heterocycles. The molecule has 1 fully saturated rings. The predicted molar refractivity (Wildman–Crippen MR) is 69.8 cm³/mol. The van der Waals surface area contributed by atoms with E-state index in [-0.39, 0.29) is 17.3 Å². The highest BCUT2D eigenvalue weighted by atomic mass is 32.2. The molecular weight excluding hydrogens is 255 g/mol. The molecule has 0 saturated carbocycles. The number of thioether (sulfide) groups is 1. The van der Waals surface area contributed by atoms with Crippen LogP contribution in [-0.2, 0) is 0 Å². The molecule has 1 unspecified atom stereocenters. The number of halogens is 1. The maximum Gasteiger partial charge on any atom is 0.257 e. The van der Waals surface area contributed by atoms with E-state index in [1.165, 1.54) is 12.3 Å². The lowest BCUT2D eigenvalue weighted by molar-refractivity contribution is 0.0758. The predicted octanol–water partition coefficient (Wildman–Crippen LogP) is 1.08. The van der Waals surface area contributed by atoms with E-state index in [2.05, 4.69) is 17.3 Å². The summed E-state index contributed by atoms with van der Waals surface area (Å²) < 4.78 is 13.9. The van der Waals surface area contributed by atoms with Gasteiger partial charge in [-0.15, -0.1) is 0 Å². The van der Waals surface area contributed by atoms with Crippen molar-refractivity contribution in [1.82, 2.24) is 9.88 Å². The molecule has 1 saturated heterocycles. The smallest absolute Gasteiger partial charge is 0.257 e. The van der Waals surface area contributed by atoms with Crippen LogP contribution in [0.4, 0.5) is 10.2 Å². The SMILES string of the molecule is CC1CN(C(=O)c2ccnc(NN)c2F)CCS1. The third-order valence-electron chi connectivity index (χ3n) is 2.78. The fraction of sp³-hybridized carbons (Fsp3) is 0.455. The van der Waals surface area contributed by atoms with Gasteiger partial charge in [0.1, 0.15) is 0 Å². The number of aromatic nitrogens is 1. The maximum atomic E-state index is 13.9. The largest absolute Gasteiger partial charge is 0.337 e. The lowest BCUT2D eigenvalue weighted by Crippen LogP contribution is -2.41. The molecule has 1 amide bonds. The van der Waals surface area contributed by atoms with E-state index in [4.69, 9.17) is 5.84 Å². The molecule has 1 aliphatic heterocycles. The number of amides is 1. The lowest BCUT2D eigenvalue weighted by atomic mass is 10.2. The minimum absolute atomic E-state index is 0.0112. The molecule has 0 radical (unpaired) electrons. The zero-order chi connectivity index (χ0) is 13.1. The molecule has 18 heavy (non-hydrogen) atoms. The number of carbonyl (C=O) groups is 1. The Balaban J connectivity index is 2.23. The van der Waals surface area contributed by atoms with Crippen molar-refractivity contribution in [3.05, 3.63) is 23.6 Å². The van der Waals surface area contributed by atoms with E-state index in [1.807, 2.05) is 11.8 Å². The van der Waals surface area contributed by atoms with Gasteiger partial charge in [0.25, 0.3) is 5.91 Å². The monoisotopic (exact) mass is 270 g/mol. The van der Waals surface area contributed by atoms with Gasteiger partial charge in [-0.25, -0.2) is 15.2 Å². The van der Waals surface area contributed by atoms with Gasteiger partial charge in [0.15, 0.2) is 11.6 Å². The summed E-state index contributed by atoms with van der Waals surface area (Å²) in [6.07, 6.45) is 1.37. The standard InChI is InChI=1S/C11H15FN4OS/c1-7-6-16(4-5-18-7)11(17)8-2-3-14-10(15-13)9(8)12/h2-3,7H,4-6,13H2,1H3,(H,14,15). The average Bonchev–Trinajstić information content (AvgIpc) is 2.38. The summed E-state index contributed by atoms with van der Waals surface area (Å²) in [6.45, 7) is 3.33. The Morgan fingerprint density at radius 1 is 1.72 bits per heavy atom. The minimum Gasteiger partial charge on any atom is -0.337 e. The van der Waals surface area contributed by atoms with Crippen LogP contribution in [0.15, 0.2) is 12.3 Å². The van der Waals surface area contributed by atoms with Gasteiger partial charge in [-0.2, -0.15) is 11.8 Å². The van der Waals surface area contributed by atoms with E-state index >= 15 is 0 Å². The fourth-order valence-corrected chi connectivity index (χ4v) is 2.90. The molecule has 0 aromatic carbocycles. The lowest BCUT2D eigenvalue weighted by Gasteiger charge is -2.30. The highest BCUT2D eigenvalue weighted by Gasteiger charge is 2.25. The Morgan fingerprint density at radius 2 is 2.50 bits per heavy atom. The third kappa shape index (κ3) is 2.56. The highest BCUT2D eigenvalue weighted by molar-refractivity contribution is 7.99. The van der Waals surface area contributed by atoms with Gasteiger partial charge in [0, 0.05) is 30.3 Å². The minimum atomic E-state index is -0.698. The van der Waals surface area contributed by atoms with Crippen LogP contribution in [0.1, 0.15) is 17.3 Å². The molecule has 1 atom stereocenters. The number of nitrogen functional groups attached to an aromatic ring is 1. The number of rotatable bonds is 2. The second kappa shape index (κ2) is 5.53. The highest BCUT2D eigenvalue weighted by Crippen LogP contribution is 2.21. The Labute approximate surface area is 109 Å². The summed E-state index contributed by atoms with van der Waals surface area (Å²) in [5, 5.41) is 0.375. The Bertz CT molecular complexity index is 457. The third-order valence-corrected chi connectivity index (χ3v) is 3.92. The van der Waals surface area contributed by atoms with Crippen LogP contribution in [-0.4, -0.2) is 39.9 Å². The molecule has 5 nitrogen and oxygen atoms in total. The summed E-state index contributed by atoms with van der Waals surface area (Å²) >= 11 is 1.81. The molecule has 0 aliphatic carbocycles. The summed E-state index contributed by atoms with van der Waals surface area (Å²) in [7, 11) is 0. The van der Waals surface area contributed by atoms with E-state index in [0.29, 0.717) is 18.3 Å². The van der Waals surface area contributed by atoms with Gasteiger partial charge in [0.2, 0.25) is 0 Å². The van der Waals surface area contributed by atoms with Crippen molar-refractivity contribution in [2.45, 2.75) is 12.2 Å². The zero-order valence-electron chi connectivity index (χ0n) is 10.0. The first-order valence-electron chi connectivity index (χ1n) is 5.65. The van der Waals surface area contributed by atoms with Gasteiger partial charge in [-0.1, -0.05) is 6.92 Å². The number of anilines is 1. The van der Waals surface area contributed by atoms with Crippen molar-refractivity contribution in [3.8, 4) is 0 Å². The van der Waals surface area contributed by atoms with Gasteiger partial charge >= 0.3 is 0 Å². The topological polar surface area (TPSA) is 71.2 Å². The van der Waals surface area contributed by atoms with Gasteiger partial charge < -0.3 is 10.3 Å². The number of nitrogens with one attached hydrogen (secondary N) is 1. The van der Waals surface area contributed by atoms with E-state index < -0.39 is 5.82 Å². The number of nitrogens with two attached hydrogens (primary N) is 1. The van der Waals surface area contributed by atoms with Crippen molar-refractivity contribution in [1.29, 1.82) is 0 Å². The van der Waals surface area contributed by atoms with Gasteiger partial charge in [-0.3, -0.25) is 4.79 Å². The van der Waals surface area contributed by atoms with E-state index in [1.54, 1.807) is 4.90 Å². The van der Waals surface area contributed by atoms with Crippen molar-refractivity contribution in [2.75, 3.05) is 24.3 Å². The zero-order valence-corrected chi connectivity index (χ0v) is 10.8. The fourth-order valence-electron chi connectivity index (χ4n) is 1.88. The maximum absolute atomic E-state index is 13.9. The number of pyridine rings is 1. The quantitative estimate of drug-likeness (QED) is 0.621. The molecule has 98 valence electrons. The van der Waals surface area contributed by atoms with Crippen LogP contribution in [0.3, 0.4) is 0 Å². The molecule has 3 N–H and O–H groups in total. The first-order valence-corrected chi connectivity index (χ1v) is 6.70.